The maximum atomic E-state index is 11.9. The van der Waals surface area contributed by atoms with E-state index in [-0.39, 0.29) is 11.9 Å². The van der Waals surface area contributed by atoms with Crippen LogP contribution in [0, 0.1) is 0 Å². The molecule has 0 aromatic heterocycles. The summed E-state index contributed by atoms with van der Waals surface area (Å²) in [4.78, 5) is 12.9. The minimum atomic E-state index is 0.0318. The third-order valence-corrected chi connectivity index (χ3v) is 3.96. The maximum absolute atomic E-state index is 11.9. The van der Waals surface area contributed by atoms with Crippen molar-refractivity contribution in [2.45, 2.75) is 37.1 Å². The van der Waals surface area contributed by atoms with E-state index in [2.05, 4.69) is 12.2 Å². The molecule has 1 aromatic carbocycles. The van der Waals surface area contributed by atoms with Gasteiger partial charge in [0.2, 0.25) is 5.91 Å². The van der Waals surface area contributed by atoms with E-state index in [1.54, 1.807) is 7.11 Å². The van der Waals surface area contributed by atoms with Gasteiger partial charge in [0, 0.05) is 17.5 Å². The van der Waals surface area contributed by atoms with Crippen LogP contribution in [0.15, 0.2) is 29.2 Å². The lowest BCUT2D eigenvalue weighted by Crippen LogP contribution is -2.41. The summed E-state index contributed by atoms with van der Waals surface area (Å²) in [7, 11) is 1.63. The number of benzene rings is 1. The molecule has 20 heavy (non-hydrogen) atoms. The Labute approximate surface area is 125 Å². The summed E-state index contributed by atoms with van der Waals surface area (Å²) in [6.07, 6.45) is 3.15. The lowest BCUT2D eigenvalue weighted by atomic mass is 10.1. The molecule has 0 bridgehead atoms. The first-order valence-electron chi connectivity index (χ1n) is 6.95. The Balaban J connectivity index is 2.38. The third kappa shape index (κ3) is 6.30. The first-order valence-corrected chi connectivity index (χ1v) is 7.94. The molecule has 1 unspecified atom stereocenters. The number of hydrogen-bond acceptors (Lipinski definition) is 4. The van der Waals surface area contributed by atoms with Gasteiger partial charge in [-0.3, -0.25) is 4.79 Å². The highest BCUT2D eigenvalue weighted by atomic mass is 32.2. The summed E-state index contributed by atoms with van der Waals surface area (Å²) in [5, 5.41) is 2.98. The number of thioether (sulfide) groups is 1. The van der Waals surface area contributed by atoms with Gasteiger partial charge in [0.05, 0.1) is 12.9 Å². The molecule has 0 aliphatic carbocycles. The molecule has 1 atom stereocenters. The predicted molar refractivity (Wildman–Crippen MR) is 84.2 cm³/mol. The zero-order chi connectivity index (χ0) is 14.8. The Kier molecular flexibility index (Phi) is 8.14. The van der Waals surface area contributed by atoms with Gasteiger partial charge in [0.25, 0.3) is 0 Å². The Bertz CT molecular complexity index is 413. The molecule has 1 aromatic rings. The number of unbranched alkanes of at least 4 members (excludes halogenated alkanes) is 1. The van der Waals surface area contributed by atoms with Gasteiger partial charge in [-0.1, -0.05) is 25.8 Å². The molecule has 0 aliphatic rings. The van der Waals surface area contributed by atoms with Crippen LogP contribution >= 0.6 is 11.8 Å². The van der Waals surface area contributed by atoms with Crippen LogP contribution in [0.1, 0.15) is 26.2 Å². The van der Waals surface area contributed by atoms with Crippen molar-refractivity contribution in [3.8, 4) is 5.75 Å². The number of nitrogens with one attached hydrogen (secondary N) is 1. The van der Waals surface area contributed by atoms with Gasteiger partial charge in [-0.2, -0.15) is 0 Å². The first kappa shape index (κ1) is 16.9. The van der Waals surface area contributed by atoms with Crippen LogP contribution in [-0.2, 0) is 4.79 Å². The monoisotopic (exact) mass is 296 g/mol. The molecule has 0 aliphatic heterocycles. The van der Waals surface area contributed by atoms with E-state index in [4.69, 9.17) is 10.5 Å². The van der Waals surface area contributed by atoms with Crippen LogP contribution in [0.4, 0.5) is 0 Å². The Morgan fingerprint density at radius 3 is 2.95 bits per heavy atom. The molecule has 0 fully saturated rings. The number of methoxy groups -OCH3 is 1. The summed E-state index contributed by atoms with van der Waals surface area (Å²) in [5.41, 5.74) is 5.67. The van der Waals surface area contributed by atoms with Crippen molar-refractivity contribution in [3.05, 3.63) is 24.3 Å². The minimum Gasteiger partial charge on any atom is -0.497 e. The average molecular weight is 296 g/mol. The topological polar surface area (TPSA) is 64.3 Å². The highest BCUT2D eigenvalue weighted by Gasteiger charge is 2.10. The van der Waals surface area contributed by atoms with Crippen LogP contribution in [0.2, 0.25) is 0 Å². The Hall–Kier alpha value is -1.20. The molecule has 0 spiro atoms. The quantitative estimate of drug-likeness (QED) is 0.687. The van der Waals surface area contributed by atoms with Crippen LogP contribution in [0.5, 0.6) is 5.75 Å². The minimum absolute atomic E-state index is 0.0318. The molecule has 4 nitrogen and oxygen atoms in total. The Morgan fingerprint density at radius 2 is 2.30 bits per heavy atom. The van der Waals surface area contributed by atoms with Crippen molar-refractivity contribution in [2.24, 2.45) is 5.73 Å². The van der Waals surface area contributed by atoms with Gasteiger partial charge >= 0.3 is 0 Å². The third-order valence-electron chi connectivity index (χ3n) is 2.97. The molecule has 0 heterocycles. The zero-order valence-electron chi connectivity index (χ0n) is 12.2. The van der Waals surface area contributed by atoms with Gasteiger partial charge in [0.1, 0.15) is 5.75 Å². The first-order chi connectivity index (χ1) is 9.69. The van der Waals surface area contributed by atoms with E-state index in [1.807, 2.05) is 24.3 Å². The fourth-order valence-electron chi connectivity index (χ4n) is 1.81. The van der Waals surface area contributed by atoms with Crippen LogP contribution < -0.4 is 15.8 Å². The second-order valence-corrected chi connectivity index (χ2v) is 5.66. The SMILES string of the molecule is CCCCC(CN)NC(=O)CSc1cccc(OC)c1. The molecule has 1 rings (SSSR count). The summed E-state index contributed by atoms with van der Waals surface area (Å²) in [6, 6.07) is 7.80. The van der Waals surface area contributed by atoms with Gasteiger partial charge in [-0.15, -0.1) is 11.8 Å². The van der Waals surface area contributed by atoms with Gasteiger partial charge in [0.15, 0.2) is 0 Å². The molecule has 3 N–H and O–H groups in total. The maximum Gasteiger partial charge on any atom is 0.230 e. The molecular weight excluding hydrogens is 272 g/mol. The standard InChI is InChI=1S/C15H24N2O2S/c1-3-4-6-12(10-16)17-15(18)11-20-14-8-5-7-13(9-14)19-2/h5,7-9,12H,3-4,6,10-11,16H2,1-2H3,(H,17,18). The second-order valence-electron chi connectivity index (χ2n) is 4.61. The smallest absolute Gasteiger partial charge is 0.230 e. The molecule has 0 radical (unpaired) electrons. The highest BCUT2D eigenvalue weighted by Crippen LogP contribution is 2.22. The highest BCUT2D eigenvalue weighted by molar-refractivity contribution is 8.00. The predicted octanol–water partition coefficient (Wildman–Crippen LogP) is 2.42. The molecule has 0 saturated heterocycles. The molecule has 1 amide bonds. The van der Waals surface area contributed by atoms with Crippen molar-refractivity contribution in [1.82, 2.24) is 5.32 Å². The molecule has 5 heteroatoms. The molecular formula is C15H24N2O2S. The number of hydrogen-bond donors (Lipinski definition) is 2. The van der Waals surface area contributed by atoms with Crippen molar-refractivity contribution < 1.29 is 9.53 Å². The average Bonchev–Trinajstić information content (AvgIpc) is 2.49. The van der Waals surface area contributed by atoms with Crippen molar-refractivity contribution in [2.75, 3.05) is 19.4 Å². The fourth-order valence-corrected chi connectivity index (χ4v) is 2.56. The number of nitrogens with two attached hydrogens (primary N) is 1. The van der Waals surface area contributed by atoms with E-state index >= 15 is 0 Å². The van der Waals surface area contributed by atoms with E-state index in [0.717, 1.165) is 29.9 Å². The van der Waals surface area contributed by atoms with Gasteiger partial charge < -0.3 is 15.8 Å². The normalized spacial score (nSPS) is 11.9. The van der Waals surface area contributed by atoms with E-state index in [9.17, 15) is 4.79 Å². The van der Waals surface area contributed by atoms with Crippen LogP contribution in [0.3, 0.4) is 0 Å². The summed E-state index contributed by atoms with van der Waals surface area (Å²) in [5.74, 6) is 1.23. The molecule has 0 saturated carbocycles. The number of ether oxygens (including phenoxy) is 1. The fraction of sp³-hybridized carbons (Fsp3) is 0.533. The Morgan fingerprint density at radius 1 is 1.50 bits per heavy atom. The number of amides is 1. The van der Waals surface area contributed by atoms with Crippen LogP contribution in [-0.4, -0.2) is 31.4 Å². The summed E-state index contributed by atoms with van der Waals surface area (Å²) in [6.45, 7) is 2.63. The number of carbonyl (C=O) groups is 1. The largest absolute Gasteiger partial charge is 0.497 e. The van der Waals surface area contributed by atoms with E-state index in [0.29, 0.717) is 12.3 Å². The lowest BCUT2D eigenvalue weighted by molar-refractivity contribution is -0.119. The number of carbonyl (C=O) groups excluding carboxylic acids is 1. The van der Waals surface area contributed by atoms with Crippen molar-refractivity contribution >= 4 is 17.7 Å². The molecule has 112 valence electrons. The summed E-state index contributed by atoms with van der Waals surface area (Å²) >= 11 is 1.50. The lowest BCUT2D eigenvalue weighted by Gasteiger charge is -2.16. The van der Waals surface area contributed by atoms with Gasteiger partial charge in [-0.05, 0) is 24.6 Å². The zero-order valence-corrected chi connectivity index (χ0v) is 13.0. The van der Waals surface area contributed by atoms with Crippen molar-refractivity contribution in [1.29, 1.82) is 0 Å². The van der Waals surface area contributed by atoms with Crippen molar-refractivity contribution in [3.63, 3.8) is 0 Å². The number of rotatable bonds is 9. The second kappa shape index (κ2) is 9.66. The van der Waals surface area contributed by atoms with Crippen LogP contribution in [0.25, 0.3) is 0 Å². The summed E-state index contributed by atoms with van der Waals surface area (Å²) < 4.78 is 5.16. The van der Waals surface area contributed by atoms with E-state index < -0.39 is 0 Å². The van der Waals surface area contributed by atoms with E-state index in [1.165, 1.54) is 11.8 Å². The van der Waals surface area contributed by atoms with Gasteiger partial charge in [-0.25, -0.2) is 0 Å².